The molecule has 0 aliphatic rings. The van der Waals surface area contributed by atoms with E-state index in [1.54, 1.807) is 31.2 Å². The second-order valence-electron chi connectivity index (χ2n) is 5.54. The maximum atomic E-state index is 11.9. The minimum Gasteiger partial charge on any atom is -0.507 e. The van der Waals surface area contributed by atoms with Gasteiger partial charge >= 0.3 is 5.97 Å². The first kappa shape index (κ1) is 17.3. The van der Waals surface area contributed by atoms with E-state index in [9.17, 15) is 14.7 Å². The van der Waals surface area contributed by atoms with Gasteiger partial charge in [-0.05, 0) is 42.8 Å². The third kappa shape index (κ3) is 4.25. The Morgan fingerprint density at radius 3 is 2.42 bits per heavy atom. The van der Waals surface area contributed by atoms with Gasteiger partial charge in [-0.3, -0.25) is 4.79 Å². The molecular formula is C18H20N2O4. The summed E-state index contributed by atoms with van der Waals surface area (Å²) in [6.45, 7) is 1.25. The third-order valence-electron chi connectivity index (χ3n) is 3.46. The summed E-state index contributed by atoms with van der Waals surface area (Å²) in [5.41, 5.74) is 2.22. The van der Waals surface area contributed by atoms with Crippen LogP contribution in [0.25, 0.3) is 0 Å². The number of benzene rings is 2. The van der Waals surface area contributed by atoms with E-state index in [0.29, 0.717) is 11.3 Å². The molecule has 2 aromatic carbocycles. The number of ether oxygens (including phenoxy) is 1. The molecule has 0 atom stereocenters. The molecule has 24 heavy (non-hydrogen) atoms. The maximum absolute atomic E-state index is 11.9. The Labute approximate surface area is 140 Å². The normalized spacial score (nSPS) is 10.1. The topological polar surface area (TPSA) is 78.9 Å². The molecule has 0 bridgehead atoms. The monoisotopic (exact) mass is 328 g/mol. The summed E-state index contributed by atoms with van der Waals surface area (Å²) in [6, 6.07) is 12.0. The maximum Gasteiger partial charge on any atom is 0.342 e. The van der Waals surface area contributed by atoms with Crippen LogP contribution in [0.15, 0.2) is 42.5 Å². The van der Waals surface area contributed by atoms with Crippen molar-refractivity contribution in [2.24, 2.45) is 0 Å². The van der Waals surface area contributed by atoms with Crippen molar-refractivity contribution in [2.75, 3.05) is 30.9 Å². The van der Waals surface area contributed by atoms with E-state index in [-0.39, 0.29) is 11.3 Å². The number of aromatic hydroxyl groups is 1. The number of esters is 1. The highest BCUT2D eigenvalue weighted by Gasteiger charge is 2.15. The van der Waals surface area contributed by atoms with Gasteiger partial charge in [0.2, 0.25) is 0 Å². The van der Waals surface area contributed by atoms with Gasteiger partial charge in [0.1, 0.15) is 11.3 Å². The lowest BCUT2D eigenvalue weighted by atomic mass is 10.1. The number of rotatable bonds is 5. The van der Waals surface area contributed by atoms with Crippen molar-refractivity contribution in [1.82, 2.24) is 0 Å². The number of hydrogen-bond acceptors (Lipinski definition) is 5. The summed E-state index contributed by atoms with van der Waals surface area (Å²) in [5.74, 6) is -1.33. The molecule has 2 aromatic rings. The van der Waals surface area contributed by atoms with E-state index in [2.05, 4.69) is 5.32 Å². The Kier molecular flexibility index (Phi) is 5.42. The molecule has 6 heteroatoms. The van der Waals surface area contributed by atoms with Gasteiger partial charge < -0.3 is 20.1 Å². The van der Waals surface area contributed by atoms with E-state index < -0.39 is 18.5 Å². The predicted octanol–water partition coefficient (Wildman–Crippen LogP) is 2.56. The van der Waals surface area contributed by atoms with Crippen molar-refractivity contribution in [3.05, 3.63) is 53.6 Å². The summed E-state index contributed by atoms with van der Waals surface area (Å²) < 4.78 is 4.94. The van der Waals surface area contributed by atoms with Crippen molar-refractivity contribution in [1.29, 1.82) is 0 Å². The van der Waals surface area contributed by atoms with Crippen LogP contribution in [0.2, 0.25) is 0 Å². The molecule has 0 aliphatic carbocycles. The first-order valence-electron chi connectivity index (χ1n) is 7.41. The van der Waals surface area contributed by atoms with Crippen LogP contribution in [0.3, 0.4) is 0 Å². The van der Waals surface area contributed by atoms with E-state index >= 15 is 0 Å². The van der Waals surface area contributed by atoms with Gasteiger partial charge in [0.05, 0.1) is 0 Å². The van der Waals surface area contributed by atoms with Crippen LogP contribution < -0.4 is 10.2 Å². The van der Waals surface area contributed by atoms with Crippen LogP contribution in [0.1, 0.15) is 15.9 Å². The van der Waals surface area contributed by atoms with Crippen molar-refractivity contribution < 1.29 is 19.4 Å². The predicted molar refractivity (Wildman–Crippen MR) is 92.5 cm³/mol. The number of carbonyl (C=O) groups is 2. The first-order valence-corrected chi connectivity index (χ1v) is 7.41. The lowest BCUT2D eigenvalue weighted by Crippen LogP contribution is -2.21. The summed E-state index contributed by atoms with van der Waals surface area (Å²) >= 11 is 0. The van der Waals surface area contributed by atoms with Gasteiger partial charge in [-0.15, -0.1) is 0 Å². The van der Waals surface area contributed by atoms with Crippen molar-refractivity contribution in [3.8, 4) is 5.75 Å². The number of aryl methyl sites for hydroxylation is 1. The van der Waals surface area contributed by atoms with Crippen molar-refractivity contribution in [3.63, 3.8) is 0 Å². The average Bonchev–Trinajstić information content (AvgIpc) is 2.55. The molecule has 0 aliphatic heterocycles. The van der Waals surface area contributed by atoms with Crippen LogP contribution in [-0.4, -0.2) is 37.7 Å². The van der Waals surface area contributed by atoms with E-state index in [1.165, 1.54) is 6.07 Å². The highest BCUT2D eigenvalue weighted by molar-refractivity contribution is 5.97. The van der Waals surface area contributed by atoms with Crippen LogP contribution in [0, 0.1) is 6.92 Å². The molecule has 0 unspecified atom stereocenters. The van der Waals surface area contributed by atoms with Gasteiger partial charge in [-0.1, -0.05) is 12.1 Å². The zero-order chi connectivity index (χ0) is 17.7. The zero-order valence-corrected chi connectivity index (χ0v) is 13.9. The zero-order valence-electron chi connectivity index (χ0n) is 13.9. The van der Waals surface area contributed by atoms with E-state index in [4.69, 9.17) is 4.74 Å². The molecule has 0 fully saturated rings. The lowest BCUT2D eigenvalue weighted by Gasteiger charge is -2.13. The molecule has 2 N–H and O–H groups in total. The summed E-state index contributed by atoms with van der Waals surface area (Å²) in [7, 11) is 3.85. The standard InChI is InChI=1S/C18H20N2O4/c1-12-5-4-6-15(17(12)22)18(23)24-11-16(21)19-13-7-9-14(10-8-13)20(2)3/h4-10,22H,11H2,1-3H3,(H,19,21). The SMILES string of the molecule is Cc1cccc(C(=O)OCC(=O)Nc2ccc(N(C)C)cc2)c1O. The van der Waals surface area contributed by atoms with E-state index in [1.807, 2.05) is 31.1 Å². The number of phenolic OH excluding ortho intramolecular Hbond substituents is 1. The fraction of sp³-hybridized carbons (Fsp3) is 0.222. The fourth-order valence-corrected chi connectivity index (χ4v) is 2.07. The molecule has 0 saturated carbocycles. The summed E-state index contributed by atoms with van der Waals surface area (Å²) in [4.78, 5) is 25.7. The fourth-order valence-electron chi connectivity index (χ4n) is 2.07. The quantitative estimate of drug-likeness (QED) is 0.825. The van der Waals surface area contributed by atoms with Crippen LogP contribution >= 0.6 is 0 Å². The molecule has 0 radical (unpaired) electrons. The second kappa shape index (κ2) is 7.50. The third-order valence-corrected chi connectivity index (χ3v) is 3.46. The second-order valence-corrected chi connectivity index (χ2v) is 5.54. The van der Waals surface area contributed by atoms with Crippen LogP contribution in [0.5, 0.6) is 5.75 Å². The Morgan fingerprint density at radius 1 is 1.12 bits per heavy atom. The largest absolute Gasteiger partial charge is 0.507 e. The first-order chi connectivity index (χ1) is 11.4. The smallest absolute Gasteiger partial charge is 0.342 e. The Morgan fingerprint density at radius 2 is 1.79 bits per heavy atom. The van der Waals surface area contributed by atoms with Crippen LogP contribution in [0.4, 0.5) is 11.4 Å². The molecule has 0 spiro atoms. The van der Waals surface area contributed by atoms with Gasteiger partial charge in [0.25, 0.3) is 5.91 Å². The number of anilines is 2. The van der Waals surface area contributed by atoms with Gasteiger partial charge in [-0.25, -0.2) is 4.79 Å². The van der Waals surface area contributed by atoms with Gasteiger partial charge in [0.15, 0.2) is 6.61 Å². The minimum atomic E-state index is -0.741. The number of nitrogens with zero attached hydrogens (tertiary/aromatic N) is 1. The number of nitrogens with one attached hydrogen (secondary N) is 1. The van der Waals surface area contributed by atoms with Gasteiger partial charge in [0, 0.05) is 25.5 Å². The molecule has 0 heterocycles. The Bertz CT molecular complexity index is 739. The number of amides is 1. The van der Waals surface area contributed by atoms with E-state index in [0.717, 1.165) is 5.69 Å². The summed E-state index contributed by atoms with van der Waals surface area (Å²) in [5, 5.41) is 12.5. The molecule has 0 saturated heterocycles. The molecule has 126 valence electrons. The number of para-hydroxylation sites is 1. The number of carbonyl (C=O) groups excluding carboxylic acids is 2. The van der Waals surface area contributed by atoms with Gasteiger partial charge in [-0.2, -0.15) is 0 Å². The molecule has 6 nitrogen and oxygen atoms in total. The molecule has 1 amide bonds. The average molecular weight is 328 g/mol. The molecule has 2 rings (SSSR count). The number of phenols is 1. The van der Waals surface area contributed by atoms with Crippen molar-refractivity contribution >= 4 is 23.3 Å². The molecule has 0 aromatic heterocycles. The van der Waals surface area contributed by atoms with Crippen molar-refractivity contribution in [2.45, 2.75) is 6.92 Å². The lowest BCUT2D eigenvalue weighted by molar-refractivity contribution is -0.119. The minimum absolute atomic E-state index is 0.0399. The van der Waals surface area contributed by atoms with Crippen LogP contribution in [-0.2, 0) is 9.53 Å². The highest BCUT2D eigenvalue weighted by atomic mass is 16.5. The number of hydrogen-bond donors (Lipinski definition) is 2. The summed E-state index contributed by atoms with van der Waals surface area (Å²) in [6.07, 6.45) is 0. The highest BCUT2D eigenvalue weighted by Crippen LogP contribution is 2.22. The Balaban J connectivity index is 1.91. The Hall–Kier alpha value is -3.02. The molecular weight excluding hydrogens is 308 g/mol.